The summed E-state index contributed by atoms with van der Waals surface area (Å²) in [5.41, 5.74) is 2.76. The topological polar surface area (TPSA) is 64.2 Å². The Balaban J connectivity index is 1.45. The Bertz CT molecular complexity index is 810. The molecule has 0 unspecified atom stereocenters. The number of aromatic amines is 1. The number of carbonyl (C=O) groups is 1. The summed E-state index contributed by atoms with van der Waals surface area (Å²) in [4.78, 5) is 18.7. The van der Waals surface area contributed by atoms with Crippen LogP contribution >= 0.6 is 0 Å². The molecule has 0 spiro atoms. The van der Waals surface area contributed by atoms with Crippen molar-refractivity contribution >= 4 is 12.0 Å². The highest BCUT2D eigenvalue weighted by Gasteiger charge is 2.01. The Morgan fingerprint density at radius 2 is 1.92 bits per heavy atom. The SMILES string of the molecule is O=C(/C=C/c1ccc[nH]1)OCc1ccc(OCc2cccnc2)cc1. The molecule has 1 N–H and O–H groups in total. The molecule has 0 atom stereocenters. The third-order valence-electron chi connectivity index (χ3n) is 3.45. The van der Waals surface area contributed by atoms with Crippen molar-refractivity contribution in [1.82, 2.24) is 9.97 Å². The molecule has 0 radical (unpaired) electrons. The predicted octanol–water partition coefficient (Wildman–Crippen LogP) is 3.75. The quantitative estimate of drug-likeness (QED) is 0.528. The first-order valence-corrected chi connectivity index (χ1v) is 7.88. The predicted molar refractivity (Wildman–Crippen MR) is 94.6 cm³/mol. The number of nitrogens with one attached hydrogen (secondary N) is 1. The summed E-state index contributed by atoms with van der Waals surface area (Å²) >= 11 is 0. The number of pyridine rings is 1. The van der Waals surface area contributed by atoms with E-state index in [1.165, 1.54) is 6.08 Å². The van der Waals surface area contributed by atoms with Gasteiger partial charge in [-0.2, -0.15) is 0 Å². The van der Waals surface area contributed by atoms with Gasteiger partial charge in [0.2, 0.25) is 0 Å². The monoisotopic (exact) mass is 334 g/mol. The molecule has 0 aliphatic carbocycles. The summed E-state index contributed by atoms with van der Waals surface area (Å²) in [6.07, 6.45) is 8.37. The van der Waals surface area contributed by atoms with Gasteiger partial charge in [-0.05, 0) is 42.0 Å². The highest BCUT2D eigenvalue weighted by Crippen LogP contribution is 2.14. The zero-order valence-corrected chi connectivity index (χ0v) is 13.6. The number of rotatable bonds is 7. The van der Waals surface area contributed by atoms with Gasteiger partial charge in [0.1, 0.15) is 19.0 Å². The number of hydrogen-bond donors (Lipinski definition) is 1. The lowest BCUT2D eigenvalue weighted by Crippen LogP contribution is -2.01. The third kappa shape index (κ3) is 5.35. The first-order chi connectivity index (χ1) is 12.3. The minimum Gasteiger partial charge on any atom is -0.489 e. The number of hydrogen-bond acceptors (Lipinski definition) is 4. The van der Waals surface area contributed by atoms with E-state index in [2.05, 4.69) is 9.97 Å². The van der Waals surface area contributed by atoms with Crippen LogP contribution in [0.2, 0.25) is 0 Å². The number of esters is 1. The first kappa shape index (κ1) is 16.5. The average molecular weight is 334 g/mol. The van der Waals surface area contributed by atoms with E-state index >= 15 is 0 Å². The maximum absolute atomic E-state index is 11.7. The van der Waals surface area contributed by atoms with Crippen molar-refractivity contribution in [2.24, 2.45) is 0 Å². The van der Waals surface area contributed by atoms with E-state index in [0.29, 0.717) is 6.61 Å². The van der Waals surface area contributed by atoms with Gasteiger partial charge in [0, 0.05) is 35.9 Å². The van der Waals surface area contributed by atoms with E-state index in [0.717, 1.165) is 22.6 Å². The number of benzene rings is 1. The Labute approximate surface area is 145 Å². The molecule has 2 heterocycles. The van der Waals surface area contributed by atoms with Crippen LogP contribution in [-0.2, 0) is 22.7 Å². The zero-order valence-electron chi connectivity index (χ0n) is 13.6. The van der Waals surface area contributed by atoms with Crippen LogP contribution in [0.5, 0.6) is 5.75 Å². The van der Waals surface area contributed by atoms with Crippen LogP contribution in [0.1, 0.15) is 16.8 Å². The lowest BCUT2D eigenvalue weighted by Gasteiger charge is -2.07. The minimum atomic E-state index is -0.383. The van der Waals surface area contributed by atoms with Gasteiger partial charge in [-0.1, -0.05) is 18.2 Å². The van der Waals surface area contributed by atoms with Crippen LogP contribution in [-0.4, -0.2) is 15.9 Å². The number of ether oxygens (including phenoxy) is 2. The van der Waals surface area contributed by atoms with Crippen molar-refractivity contribution in [3.63, 3.8) is 0 Å². The molecular weight excluding hydrogens is 316 g/mol. The van der Waals surface area contributed by atoms with Crippen LogP contribution in [0.3, 0.4) is 0 Å². The highest BCUT2D eigenvalue weighted by atomic mass is 16.5. The molecule has 0 fully saturated rings. The standard InChI is InChI=1S/C20H18N2O3/c23-20(10-7-18-4-2-12-22-18)25-14-16-5-8-19(9-6-16)24-15-17-3-1-11-21-13-17/h1-13,22H,14-15H2/b10-7+. The van der Waals surface area contributed by atoms with Gasteiger partial charge in [0.05, 0.1) is 0 Å². The van der Waals surface area contributed by atoms with E-state index in [9.17, 15) is 4.79 Å². The molecule has 0 saturated heterocycles. The highest BCUT2D eigenvalue weighted by molar-refractivity contribution is 5.86. The second kappa shape index (κ2) is 8.49. The van der Waals surface area contributed by atoms with E-state index in [1.807, 2.05) is 48.5 Å². The van der Waals surface area contributed by atoms with Crippen molar-refractivity contribution in [1.29, 1.82) is 0 Å². The average Bonchev–Trinajstić information content (AvgIpc) is 3.18. The van der Waals surface area contributed by atoms with Crippen molar-refractivity contribution in [3.8, 4) is 5.75 Å². The molecule has 3 rings (SSSR count). The van der Waals surface area contributed by atoms with E-state index in [1.54, 1.807) is 24.7 Å². The van der Waals surface area contributed by atoms with Crippen LogP contribution < -0.4 is 4.74 Å². The summed E-state index contributed by atoms with van der Waals surface area (Å²) in [7, 11) is 0. The Kier molecular flexibility index (Phi) is 5.61. The van der Waals surface area contributed by atoms with E-state index in [4.69, 9.17) is 9.47 Å². The second-order valence-electron chi connectivity index (χ2n) is 5.36. The van der Waals surface area contributed by atoms with Gasteiger partial charge in [-0.3, -0.25) is 4.98 Å². The number of nitrogens with zero attached hydrogens (tertiary/aromatic N) is 1. The molecule has 1 aromatic carbocycles. The Morgan fingerprint density at radius 1 is 1.04 bits per heavy atom. The van der Waals surface area contributed by atoms with Crippen LogP contribution in [0.15, 0.2) is 73.2 Å². The first-order valence-electron chi connectivity index (χ1n) is 7.88. The van der Waals surface area contributed by atoms with Gasteiger partial charge in [-0.25, -0.2) is 4.79 Å². The molecule has 0 bridgehead atoms. The molecule has 126 valence electrons. The zero-order chi connectivity index (χ0) is 17.3. The maximum Gasteiger partial charge on any atom is 0.331 e. The van der Waals surface area contributed by atoms with Crippen molar-refractivity contribution < 1.29 is 14.3 Å². The smallest absolute Gasteiger partial charge is 0.331 e. The maximum atomic E-state index is 11.7. The van der Waals surface area contributed by atoms with Crippen LogP contribution in [0.25, 0.3) is 6.08 Å². The Hall–Kier alpha value is -3.34. The molecule has 0 amide bonds. The second-order valence-corrected chi connectivity index (χ2v) is 5.36. The molecule has 5 heteroatoms. The number of H-pyrrole nitrogens is 1. The fraction of sp³-hybridized carbons (Fsp3) is 0.100. The molecule has 0 aliphatic heterocycles. The lowest BCUT2D eigenvalue weighted by atomic mass is 10.2. The summed E-state index contributed by atoms with van der Waals surface area (Å²) < 4.78 is 10.9. The summed E-state index contributed by atoms with van der Waals surface area (Å²) in [5.74, 6) is 0.372. The molecule has 25 heavy (non-hydrogen) atoms. The fourth-order valence-electron chi connectivity index (χ4n) is 2.14. The molecule has 0 saturated carbocycles. The summed E-state index contributed by atoms with van der Waals surface area (Å²) in [6, 6.07) is 15.0. The normalized spacial score (nSPS) is 10.7. The molecular formula is C20H18N2O3. The lowest BCUT2D eigenvalue weighted by molar-refractivity contribution is -0.138. The molecule has 2 aromatic heterocycles. The summed E-state index contributed by atoms with van der Waals surface area (Å²) in [5, 5.41) is 0. The van der Waals surface area contributed by atoms with Gasteiger partial charge < -0.3 is 14.5 Å². The largest absolute Gasteiger partial charge is 0.489 e. The Morgan fingerprint density at radius 3 is 2.64 bits per heavy atom. The fourth-order valence-corrected chi connectivity index (χ4v) is 2.14. The third-order valence-corrected chi connectivity index (χ3v) is 3.45. The minimum absolute atomic E-state index is 0.219. The molecule has 5 nitrogen and oxygen atoms in total. The van der Waals surface area contributed by atoms with Crippen molar-refractivity contribution in [3.05, 3.63) is 90.0 Å². The summed E-state index contributed by atoms with van der Waals surface area (Å²) in [6.45, 7) is 0.683. The number of aromatic nitrogens is 2. The van der Waals surface area contributed by atoms with E-state index < -0.39 is 0 Å². The van der Waals surface area contributed by atoms with Crippen LogP contribution in [0, 0.1) is 0 Å². The van der Waals surface area contributed by atoms with Crippen molar-refractivity contribution in [2.45, 2.75) is 13.2 Å². The van der Waals surface area contributed by atoms with Crippen molar-refractivity contribution in [2.75, 3.05) is 0 Å². The van der Waals surface area contributed by atoms with Gasteiger partial charge >= 0.3 is 5.97 Å². The van der Waals surface area contributed by atoms with Crippen LogP contribution in [0.4, 0.5) is 0 Å². The van der Waals surface area contributed by atoms with Gasteiger partial charge in [0.25, 0.3) is 0 Å². The van der Waals surface area contributed by atoms with E-state index in [-0.39, 0.29) is 12.6 Å². The number of carbonyl (C=O) groups excluding carboxylic acids is 1. The van der Waals surface area contributed by atoms with Gasteiger partial charge in [-0.15, -0.1) is 0 Å². The molecule has 0 aliphatic rings. The molecule has 3 aromatic rings. The van der Waals surface area contributed by atoms with Gasteiger partial charge in [0.15, 0.2) is 0 Å².